The quantitative estimate of drug-likeness (QED) is 0.801. The Bertz CT molecular complexity index is 770. The van der Waals surface area contributed by atoms with Crippen molar-refractivity contribution in [2.24, 2.45) is 0 Å². The fourth-order valence-electron chi connectivity index (χ4n) is 2.57. The molecular weight excluding hydrogens is 324 g/mol. The summed E-state index contributed by atoms with van der Waals surface area (Å²) in [6.45, 7) is 11.6. The summed E-state index contributed by atoms with van der Waals surface area (Å²) in [5.41, 5.74) is 3.40. The van der Waals surface area contributed by atoms with Gasteiger partial charge in [0.2, 0.25) is 0 Å². The fraction of sp³-hybridized carbons (Fsp3) is 0.364. The second-order valence-corrected chi connectivity index (χ2v) is 7.94. The number of ether oxygens (including phenoxy) is 1. The van der Waals surface area contributed by atoms with Gasteiger partial charge >= 0.3 is 6.09 Å². The van der Waals surface area contributed by atoms with Gasteiger partial charge in [-0.15, -0.1) is 0 Å². The van der Waals surface area contributed by atoms with Gasteiger partial charge in [0.25, 0.3) is 0 Å². The topological polar surface area (TPSA) is 51.2 Å². The number of carbonyl (C=O) groups is 1. The molecule has 4 heteroatoms. The van der Waals surface area contributed by atoms with Gasteiger partial charge in [0.15, 0.2) is 0 Å². The van der Waals surface area contributed by atoms with E-state index in [0.29, 0.717) is 0 Å². The molecule has 0 aliphatic carbocycles. The monoisotopic (exact) mass is 352 g/mol. The van der Waals surface area contributed by atoms with Crippen LogP contribution in [0.4, 0.5) is 4.79 Å². The van der Waals surface area contributed by atoms with Crippen molar-refractivity contribution in [2.75, 3.05) is 0 Å². The lowest BCUT2D eigenvalue weighted by Crippen LogP contribution is -2.43. The van der Waals surface area contributed by atoms with E-state index in [0.717, 1.165) is 16.7 Å². The molecule has 0 fully saturated rings. The first-order valence-corrected chi connectivity index (χ1v) is 8.77. The van der Waals surface area contributed by atoms with Crippen molar-refractivity contribution in [3.8, 4) is 0 Å². The molecule has 0 unspecified atom stereocenters. The van der Waals surface area contributed by atoms with E-state index < -0.39 is 17.2 Å². The van der Waals surface area contributed by atoms with Crippen molar-refractivity contribution >= 4 is 17.7 Å². The van der Waals surface area contributed by atoms with Gasteiger partial charge < -0.3 is 10.1 Å². The van der Waals surface area contributed by atoms with Crippen molar-refractivity contribution in [1.82, 2.24) is 10.3 Å². The Morgan fingerprint density at radius 1 is 1.00 bits per heavy atom. The number of alkyl carbamates (subject to hydrolysis) is 1. The predicted molar refractivity (Wildman–Crippen MR) is 107 cm³/mol. The third-order valence-corrected chi connectivity index (χ3v) is 3.96. The molecule has 2 rings (SSSR count). The van der Waals surface area contributed by atoms with E-state index in [1.54, 1.807) is 12.4 Å². The zero-order chi connectivity index (χ0) is 19.4. The Morgan fingerprint density at radius 2 is 1.58 bits per heavy atom. The van der Waals surface area contributed by atoms with E-state index in [4.69, 9.17) is 4.74 Å². The number of nitrogens with zero attached hydrogens (tertiary/aromatic N) is 1. The average Bonchev–Trinajstić information content (AvgIpc) is 2.53. The van der Waals surface area contributed by atoms with Crippen LogP contribution < -0.4 is 5.32 Å². The first-order chi connectivity index (χ1) is 12.1. The van der Waals surface area contributed by atoms with E-state index >= 15 is 0 Å². The SMILES string of the molecule is C/C(=C\c1ccncc1)c1ccc(C(C)(C)NC(=O)OC(C)(C)C)cc1. The number of rotatable bonds is 4. The molecule has 1 aromatic heterocycles. The molecule has 1 amide bonds. The van der Waals surface area contributed by atoms with Crippen LogP contribution in [0.15, 0.2) is 48.8 Å². The summed E-state index contributed by atoms with van der Waals surface area (Å²) >= 11 is 0. The minimum atomic E-state index is -0.524. The van der Waals surface area contributed by atoms with Gasteiger partial charge in [-0.2, -0.15) is 0 Å². The molecule has 138 valence electrons. The smallest absolute Gasteiger partial charge is 0.408 e. The zero-order valence-corrected chi connectivity index (χ0v) is 16.5. The highest BCUT2D eigenvalue weighted by atomic mass is 16.6. The van der Waals surface area contributed by atoms with Crippen LogP contribution in [-0.2, 0) is 10.3 Å². The molecule has 1 aromatic carbocycles. The van der Waals surface area contributed by atoms with Crippen molar-refractivity contribution in [1.29, 1.82) is 0 Å². The molecular formula is C22H28N2O2. The van der Waals surface area contributed by atoms with Gasteiger partial charge in [0, 0.05) is 12.4 Å². The maximum Gasteiger partial charge on any atom is 0.408 e. The summed E-state index contributed by atoms with van der Waals surface area (Å²) in [4.78, 5) is 16.1. The summed E-state index contributed by atoms with van der Waals surface area (Å²) in [5, 5.41) is 2.93. The number of pyridine rings is 1. The second kappa shape index (κ2) is 7.73. The summed E-state index contributed by atoms with van der Waals surface area (Å²) in [7, 11) is 0. The van der Waals surface area contributed by atoms with Crippen LogP contribution in [0.5, 0.6) is 0 Å². The van der Waals surface area contributed by atoms with E-state index in [9.17, 15) is 4.79 Å². The van der Waals surface area contributed by atoms with Gasteiger partial charge in [-0.3, -0.25) is 4.98 Å². The highest BCUT2D eigenvalue weighted by molar-refractivity contribution is 5.80. The number of hydrogen-bond donors (Lipinski definition) is 1. The number of nitrogens with one attached hydrogen (secondary N) is 1. The number of hydrogen-bond acceptors (Lipinski definition) is 3. The first kappa shape index (κ1) is 19.7. The van der Waals surface area contributed by atoms with Crippen molar-refractivity contribution in [2.45, 2.75) is 52.7 Å². The Kier molecular flexibility index (Phi) is 5.86. The second-order valence-electron chi connectivity index (χ2n) is 7.94. The molecule has 0 saturated heterocycles. The standard InChI is InChI=1S/C22H28N2O2/c1-16(15-17-11-13-23-14-12-17)18-7-9-19(10-8-18)22(5,6)24-20(25)26-21(2,3)4/h7-15H,1-6H3,(H,24,25)/b16-15+. The van der Waals surface area contributed by atoms with E-state index in [-0.39, 0.29) is 0 Å². The highest BCUT2D eigenvalue weighted by Gasteiger charge is 2.26. The Hall–Kier alpha value is -2.62. The van der Waals surface area contributed by atoms with E-state index in [2.05, 4.69) is 35.4 Å². The molecule has 0 radical (unpaired) electrons. The number of allylic oxidation sites excluding steroid dienone is 1. The van der Waals surface area contributed by atoms with Crippen molar-refractivity contribution in [3.05, 3.63) is 65.5 Å². The van der Waals surface area contributed by atoms with Crippen LogP contribution in [-0.4, -0.2) is 16.7 Å². The molecule has 0 spiro atoms. The molecule has 2 aromatic rings. The van der Waals surface area contributed by atoms with Crippen LogP contribution >= 0.6 is 0 Å². The summed E-state index contributed by atoms with van der Waals surface area (Å²) < 4.78 is 5.36. The minimum Gasteiger partial charge on any atom is -0.444 e. The normalized spacial score (nSPS) is 12.6. The average molecular weight is 352 g/mol. The maximum absolute atomic E-state index is 12.1. The fourth-order valence-corrected chi connectivity index (χ4v) is 2.57. The van der Waals surface area contributed by atoms with Crippen LogP contribution in [0.3, 0.4) is 0 Å². The third-order valence-electron chi connectivity index (χ3n) is 3.96. The highest BCUT2D eigenvalue weighted by Crippen LogP contribution is 2.24. The third kappa shape index (κ3) is 5.73. The zero-order valence-electron chi connectivity index (χ0n) is 16.5. The Morgan fingerprint density at radius 3 is 2.12 bits per heavy atom. The Balaban J connectivity index is 2.12. The van der Waals surface area contributed by atoms with Crippen LogP contribution in [0.2, 0.25) is 0 Å². The first-order valence-electron chi connectivity index (χ1n) is 8.77. The lowest BCUT2D eigenvalue weighted by Gasteiger charge is -2.29. The summed E-state index contributed by atoms with van der Waals surface area (Å²) in [5.74, 6) is 0. The maximum atomic E-state index is 12.1. The Labute approximate surface area is 156 Å². The molecule has 0 atom stereocenters. The van der Waals surface area contributed by atoms with Gasteiger partial charge in [-0.05, 0) is 75.9 Å². The van der Waals surface area contributed by atoms with Crippen LogP contribution in [0, 0.1) is 0 Å². The number of amides is 1. The molecule has 0 bridgehead atoms. The molecule has 1 heterocycles. The van der Waals surface area contributed by atoms with Crippen molar-refractivity contribution < 1.29 is 9.53 Å². The summed E-state index contributed by atoms with van der Waals surface area (Å²) in [6, 6.07) is 12.2. The van der Waals surface area contributed by atoms with Gasteiger partial charge in [-0.1, -0.05) is 30.3 Å². The summed E-state index contributed by atoms with van der Waals surface area (Å²) in [6.07, 6.45) is 5.28. The molecule has 26 heavy (non-hydrogen) atoms. The van der Waals surface area contributed by atoms with E-state index in [1.165, 1.54) is 5.57 Å². The largest absolute Gasteiger partial charge is 0.444 e. The van der Waals surface area contributed by atoms with Crippen LogP contribution in [0.25, 0.3) is 11.6 Å². The molecule has 0 aliphatic rings. The van der Waals surface area contributed by atoms with Gasteiger partial charge in [0.05, 0.1) is 5.54 Å². The molecule has 0 saturated carbocycles. The molecule has 0 aliphatic heterocycles. The van der Waals surface area contributed by atoms with Gasteiger partial charge in [0.1, 0.15) is 5.60 Å². The van der Waals surface area contributed by atoms with Crippen molar-refractivity contribution in [3.63, 3.8) is 0 Å². The number of carbonyl (C=O) groups excluding carboxylic acids is 1. The predicted octanol–water partition coefficient (Wildman–Crippen LogP) is 5.40. The number of aromatic nitrogens is 1. The minimum absolute atomic E-state index is 0.416. The van der Waals surface area contributed by atoms with Crippen LogP contribution in [0.1, 0.15) is 58.2 Å². The van der Waals surface area contributed by atoms with E-state index in [1.807, 2.05) is 58.9 Å². The lowest BCUT2D eigenvalue weighted by atomic mass is 9.92. The molecule has 4 nitrogen and oxygen atoms in total. The number of benzene rings is 1. The lowest BCUT2D eigenvalue weighted by molar-refractivity contribution is 0.0470. The molecule has 1 N–H and O–H groups in total. The van der Waals surface area contributed by atoms with Gasteiger partial charge in [-0.25, -0.2) is 4.79 Å².